The quantitative estimate of drug-likeness (QED) is 0.198. The molecule has 2 heterocycles. The number of nitrogens with zero attached hydrogens (tertiary/aromatic N) is 3. The highest BCUT2D eigenvalue weighted by Crippen LogP contribution is 2.29. The van der Waals surface area contributed by atoms with Gasteiger partial charge < -0.3 is 13.9 Å². The highest BCUT2D eigenvalue weighted by atomic mass is 32.2. The molecule has 0 unspecified atom stereocenters. The maximum Gasteiger partial charge on any atom is 0.336 e. The summed E-state index contributed by atoms with van der Waals surface area (Å²) in [5.74, 6) is 1.77. The number of methoxy groups -OCH3 is 1. The summed E-state index contributed by atoms with van der Waals surface area (Å²) in [5.41, 5.74) is 2.21. The van der Waals surface area contributed by atoms with Gasteiger partial charge in [-0.3, -0.25) is 4.57 Å². The van der Waals surface area contributed by atoms with Crippen LogP contribution < -0.4 is 15.1 Å². The summed E-state index contributed by atoms with van der Waals surface area (Å²) in [7, 11) is 1.60. The molecule has 0 spiro atoms. The molecule has 36 heavy (non-hydrogen) atoms. The predicted molar refractivity (Wildman–Crippen MR) is 135 cm³/mol. The molecule has 0 atom stereocenters. The van der Waals surface area contributed by atoms with Crippen LogP contribution in [0.25, 0.3) is 16.7 Å². The predicted octanol–water partition coefficient (Wildman–Crippen LogP) is 5.70. The van der Waals surface area contributed by atoms with Crippen molar-refractivity contribution in [2.24, 2.45) is 0 Å². The second-order valence-corrected chi connectivity index (χ2v) is 8.97. The van der Waals surface area contributed by atoms with Gasteiger partial charge in [-0.05, 0) is 60.5 Å². The highest BCUT2D eigenvalue weighted by molar-refractivity contribution is 7.98. The third kappa shape index (κ3) is 4.96. The zero-order valence-electron chi connectivity index (χ0n) is 19.6. The smallest absolute Gasteiger partial charge is 0.336 e. The van der Waals surface area contributed by atoms with Crippen molar-refractivity contribution in [1.29, 1.82) is 0 Å². The summed E-state index contributed by atoms with van der Waals surface area (Å²) in [6.45, 7) is 2.01. The van der Waals surface area contributed by atoms with Gasteiger partial charge in [-0.25, -0.2) is 9.18 Å². The van der Waals surface area contributed by atoms with E-state index in [0.29, 0.717) is 39.5 Å². The summed E-state index contributed by atoms with van der Waals surface area (Å²) >= 11 is 1.35. The standard InChI is InChI=1S/C27H22FN3O4S/c1-17-7-12-21-18(14-26(32)35-24(21)13-17)16-36-27-30-29-25(31(27)23-6-4-3-5-22(23)28)15-34-20-10-8-19(33-2)9-11-20/h3-14H,15-16H2,1-2H3. The minimum absolute atomic E-state index is 0.0748. The van der Waals surface area contributed by atoms with Gasteiger partial charge in [-0.15, -0.1) is 10.2 Å². The van der Waals surface area contributed by atoms with E-state index in [1.54, 1.807) is 54.1 Å². The minimum Gasteiger partial charge on any atom is -0.497 e. The Labute approximate surface area is 210 Å². The lowest BCUT2D eigenvalue weighted by Crippen LogP contribution is -2.08. The van der Waals surface area contributed by atoms with E-state index in [9.17, 15) is 9.18 Å². The second-order valence-electron chi connectivity index (χ2n) is 8.03. The maximum atomic E-state index is 14.8. The number of hydrogen-bond acceptors (Lipinski definition) is 7. The van der Waals surface area contributed by atoms with Crippen LogP contribution in [0, 0.1) is 12.7 Å². The van der Waals surface area contributed by atoms with Crippen LogP contribution in [0.4, 0.5) is 4.39 Å². The van der Waals surface area contributed by atoms with Crippen molar-refractivity contribution in [3.05, 3.63) is 106 Å². The topological polar surface area (TPSA) is 79.4 Å². The monoisotopic (exact) mass is 503 g/mol. The van der Waals surface area contributed by atoms with Gasteiger partial charge >= 0.3 is 5.63 Å². The summed E-state index contributed by atoms with van der Waals surface area (Å²) in [4.78, 5) is 12.1. The minimum atomic E-state index is -0.423. The number of thioether (sulfide) groups is 1. The Morgan fingerprint density at radius 3 is 2.56 bits per heavy atom. The van der Waals surface area contributed by atoms with Crippen LogP contribution in [-0.2, 0) is 12.4 Å². The molecule has 182 valence electrons. The molecular formula is C27H22FN3O4S. The van der Waals surface area contributed by atoms with Crippen LogP contribution in [0.1, 0.15) is 17.0 Å². The zero-order valence-corrected chi connectivity index (χ0v) is 20.4. The van der Waals surface area contributed by atoms with Crippen molar-refractivity contribution in [2.45, 2.75) is 24.4 Å². The van der Waals surface area contributed by atoms with Crippen molar-refractivity contribution >= 4 is 22.7 Å². The molecule has 0 saturated heterocycles. The Balaban J connectivity index is 1.46. The van der Waals surface area contributed by atoms with E-state index in [4.69, 9.17) is 13.9 Å². The van der Waals surface area contributed by atoms with Gasteiger partial charge in [0.25, 0.3) is 0 Å². The van der Waals surface area contributed by atoms with Gasteiger partial charge in [-0.2, -0.15) is 0 Å². The van der Waals surface area contributed by atoms with Crippen LogP contribution in [0.5, 0.6) is 11.5 Å². The first-order valence-corrected chi connectivity index (χ1v) is 12.1. The Morgan fingerprint density at radius 1 is 1.00 bits per heavy atom. The Bertz CT molecular complexity index is 1580. The first-order chi connectivity index (χ1) is 17.5. The molecule has 0 fully saturated rings. The van der Waals surface area contributed by atoms with Gasteiger partial charge in [-0.1, -0.05) is 36.0 Å². The van der Waals surface area contributed by atoms with E-state index in [1.165, 1.54) is 23.9 Å². The lowest BCUT2D eigenvalue weighted by atomic mass is 10.1. The Morgan fingerprint density at radius 2 is 1.78 bits per heavy atom. The fraction of sp³-hybridized carbons (Fsp3) is 0.148. The van der Waals surface area contributed by atoms with E-state index in [0.717, 1.165) is 16.5 Å². The number of para-hydroxylation sites is 1. The van der Waals surface area contributed by atoms with E-state index < -0.39 is 11.4 Å². The molecule has 0 radical (unpaired) electrons. The number of aromatic nitrogens is 3. The molecule has 5 rings (SSSR count). The lowest BCUT2D eigenvalue weighted by molar-refractivity contribution is 0.292. The molecule has 7 nitrogen and oxygen atoms in total. The van der Waals surface area contributed by atoms with E-state index >= 15 is 0 Å². The fourth-order valence-corrected chi connectivity index (χ4v) is 4.74. The molecule has 0 bridgehead atoms. The number of hydrogen-bond donors (Lipinski definition) is 0. The fourth-order valence-electron chi connectivity index (χ4n) is 3.78. The van der Waals surface area contributed by atoms with Crippen molar-refractivity contribution < 1.29 is 18.3 Å². The molecule has 0 N–H and O–H groups in total. The second kappa shape index (κ2) is 10.2. The van der Waals surface area contributed by atoms with E-state index in [-0.39, 0.29) is 6.61 Å². The van der Waals surface area contributed by atoms with Gasteiger partial charge in [0, 0.05) is 17.2 Å². The van der Waals surface area contributed by atoms with Gasteiger partial charge in [0.1, 0.15) is 29.5 Å². The molecule has 9 heteroatoms. The third-order valence-corrected chi connectivity index (χ3v) is 6.54. The van der Waals surface area contributed by atoms with Crippen molar-refractivity contribution in [2.75, 3.05) is 7.11 Å². The number of benzene rings is 3. The summed E-state index contributed by atoms with van der Waals surface area (Å²) in [6.07, 6.45) is 0. The van der Waals surface area contributed by atoms with Gasteiger partial charge in [0.15, 0.2) is 11.0 Å². The normalized spacial score (nSPS) is 11.1. The van der Waals surface area contributed by atoms with E-state index in [1.807, 2.05) is 25.1 Å². The van der Waals surface area contributed by atoms with Crippen LogP contribution in [0.2, 0.25) is 0 Å². The number of rotatable bonds is 8. The number of fused-ring (bicyclic) bond motifs is 1. The summed E-state index contributed by atoms with van der Waals surface area (Å²) in [5, 5.41) is 9.91. The largest absolute Gasteiger partial charge is 0.497 e. The van der Waals surface area contributed by atoms with Crippen LogP contribution >= 0.6 is 11.8 Å². The molecular weight excluding hydrogens is 481 g/mol. The number of halogens is 1. The molecule has 2 aromatic heterocycles. The molecule has 0 saturated carbocycles. The van der Waals surface area contributed by atoms with Gasteiger partial charge in [0.05, 0.1) is 12.8 Å². The molecule has 3 aromatic carbocycles. The summed E-state index contributed by atoms with van der Waals surface area (Å²) < 4.78 is 32.9. The SMILES string of the molecule is COc1ccc(OCc2nnc(SCc3cc(=O)oc4cc(C)ccc34)n2-c2ccccc2F)cc1. The molecule has 0 amide bonds. The van der Waals surface area contributed by atoms with Crippen molar-refractivity contribution in [3.63, 3.8) is 0 Å². The van der Waals surface area contributed by atoms with Crippen LogP contribution in [0.15, 0.2) is 87.2 Å². The number of aryl methyl sites for hydroxylation is 1. The molecule has 0 aliphatic heterocycles. The average molecular weight is 504 g/mol. The average Bonchev–Trinajstić information content (AvgIpc) is 3.28. The van der Waals surface area contributed by atoms with E-state index in [2.05, 4.69) is 10.2 Å². The Kier molecular flexibility index (Phi) is 6.73. The highest BCUT2D eigenvalue weighted by Gasteiger charge is 2.19. The van der Waals surface area contributed by atoms with Crippen LogP contribution in [0.3, 0.4) is 0 Å². The van der Waals surface area contributed by atoms with Crippen molar-refractivity contribution in [1.82, 2.24) is 14.8 Å². The number of ether oxygens (including phenoxy) is 2. The molecule has 0 aliphatic rings. The lowest BCUT2D eigenvalue weighted by Gasteiger charge is -2.12. The third-order valence-electron chi connectivity index (χ3n) is 5.56. The first kappa shape index (κ1) is 23.6. The zero-order chi connectivity index (χ0) is 25.1. The first-order valence-electron chi connectivity index (χ1n) is 11.1. The van der Waals surface area contributed by atoms with Gasteiger partial charge in [0.2, 0.25) is 0 Å². The maximum absolute atomic E-state index is 14.8. The molecule has 0 aliphatic carbocycles. The summed E-state index contributed by atoms with van der Waals surface area (Å²) in [6, 6.07) is 20.8. The van der Waals surface area contributed by atoms with Crippen molar-refractivity contribution in [3.8, 4) is 17.2 Å². The molecule has 5 aromatic rings. The Hall–Kier alpha value is -4.11. The van der Waals surface area contributed by atoms with Crippen LogP contribution in [-0.4, -0.2) is 21.9 Å².